The highest BCUT2D eigenvalue weighted by atomic mass is 16.9. The Labute approximate surface area is 258 Å². The number of hydrogen-bond donors (Lipinski definition) is 2. The zero-order valence-electron chi connectivity index (χ0n) is 24.7. The average Bonchev–Trinajstić information content (AvgIpc) is 3.70. The summed E-state index contributed by atoms with van der Waals surface area (Å²) in [6.07, 6.45) is -3.18. The molecule has 2 aliphatic heterocycles. The molecule has 6 rings (SSSR count). The van der Waals surface area contributed by atoms with Crippen molar-refractivity contribution in [2.24, 2.45) is 0 Å². The summed E-state index contributed by atoms with van der Waals surface area (Å²) in [6, 6.07) is 26.0. The molecular weight excluding hydrogens is 584 g/mol. The Morgan fingerprint density at radius 2 is 1.42 bits per heavy atom. The van der Waals surface area contributed by atoms with Crippen LogP contribution in [0.25, 0.3) is 0 Å². The SMILES string of the molecule is COc1ccc(C(OC[C@H]2O[C@@H](n3ccc(=O)[nH]c3=O)[C@H](OC3OCCO3)[C@@H]2O)(c2ccccc2)c2ccc(OC)cc2)cc1. The average molecular weight is 619 g/mol. The fourth-order valence-electron chi connectivity index (χ4n) is 5.68. The number of nitrogens with zero attached hydrogens (tertiary/aromatic N) is 1. The molecule has 0 saturated carbocycles. The number of rotatable bonds is 11. The third-order valence-electron chi connectivity index (χ3n) is 7.94. The lowest BCUT2D eigenvalue weighted by atomic mass is 9.80. The van der Waals surface area contributed by atoms with Gasteiger partial charge < -0.3 is 38.3 Å². The lowest BCUT2D eigenvalue weighted by Crippen LogP contribution is -2.42. The summed E-state index contributed by atoms with van der Waals surface area (Å²) >= 11 is 0. The van der Waals surface area contributed by atoms with E-state index in [1.807, 2.05) is 78.9 Å². The largest absolute Gasteiger partial charge is 0.497 e. The first kappa shape index (κ1) is 30.7. The molecule has 0 radical (unpaired) electrons. The van der Waals surface area contributed by atoms with Crippen molar-refractivity contribution in [1.29, 1.82) is 0 Å². The van der Waals surface area contributed by atoms with E-state index in [0.29, 0.717) is 24.7 Å². The molecule has 1 aromatic heterocycles. The molecule has 2 aliphatic rings. The van der Waals surface area contributed by atoms with Crippen molar-refractivity contribution >= 4 is 0 Å². The van der Waals surface area contributed by atoms with Gasteiger partial charge in [-0.25, -0.2) is 4.79 Å². The lowest BCUT2D eigenvalue weighted by molar-refractivity contribution is -0.271. The van der Waals surface area contributed by atoms with E-state index in [-0.39, 0.29) is 6.61 Å². The Kier molecular flexibility index (Phi) is 9.12. The van der Waals surface area contributed by atoms with E-state index in [9.17, 15) is 14.7 Å². The maximum Gasteiger partial charge on any atom is 0.330 e. The number of methoxy groups -OCH3 is 2. The van der Waals surface area contributed by atoms with Crippen LogP contribution in [-0.2, 0) is 29.3 Å². The fraction of sp³-hybridized carbons (Fsp3) is 0.333. The van der Waals surface area contributed by atoms with Crippen molar-refractivity contribution in [3.8, 4) is 11.5 Å². The van der Waals surface area contributed by atoms with E-state index in [0.717, 1.165) is 21.3 Å². The van der Waals surface area contributed by atoms with Gasteiger partial charge in [-0.2, -0.15) is 0 Å². The molecule has 0 unspecified atom stereocenters. The molecule has 45 heavy (non-hydrogen) atoms. The molecule has 2 N–H and O–H groups in total. The first-order chi connectivity index (χ1) is 21.9. The molecule has 4 aromatic rings. The van der Waals surface area contributed by atoms with Crippen LogP contribution in [0, 0.1) is 0 Å². The van der Waals surface area contributed by atoms with E-state index in [1.54, 1.807) is 14.2 Å². The van der Waals surface area contributed by atoms with Gasteiger partial charge in [-0.1, -0.05) is 54.6 Å². The van der Waals surface area contributed by atoms with Gasteiger partial charge in [0.25, 0.3) is 12.0 Å². The van der Waals surface area contributed by atoms with Crippen LogP contribution in [0.3, 0.4) is 0 Å². The van der Waals surface area contributed by atoms with Gasteiger partial charge in [0.15, 0.2) is 6.23 Å². The van der Waals surface area contributed by atoms with Crippen molar-refractivity contribution in [3.05, 3.63) is 129 Å². The van der Waals surface area contributed by atoms with Crippen LogP contribution < -0.4 is 20.7 Å². The van der Waals surface area contributed by atoms with Crippen LogP contribution in [-0.4, -0.2) is 73.5 Å². The highest BCUT2D eigenvalue weighted by Crippen LogP contribution is 2.43. The van der Waals surface area contributed by atoms with Crippen LogP contribution in [0.4, 0.5) is 0 Å². The number of aromatic nitrogens is 2. The second kappa shape index (κ2) is 13.4. The van der Waals surface area contributed by atoms with Gasteiger partial charge in [0.05, 0.1) is 34.0 Å². The maximum atomic E-state index is 12.8. The highest BCUT2D eigenvalue weighted by Gasteiger charge is 2.49. The number of aliphatic hydroxyl groups excluding tert-OH is 1. The topological polar surface area (TPSA) is 140 Å². The molecule has 0 bridgehead atoms. The highest BCUT2D eigenvalue weighted by molar-refractivity contribution is 5.49. The lowest BCUT2D eigenvalue weighted by Gasteiger charge is -2.37. The van der Waals surface area contributed by atoms with Gasteiger partial charge in [-0.15, -0.1) is 0 Å². The van der Waals surface area contributed by atoms with Crippen LogP contribution in [0.2, 0.25) is 0 Å². The molecule has 2 saturated heterocycles. The smallest absolute Gasteiger partial charge is 0.330 e. The first-order valence-corrected chi connectivity index (χ1v) is 14.4. The maximum absolute atomic E-state index is 12.8. The quantitative estimate of drug-likeness (QED) is 0.241. The molecule has 0 aliphatic carbocycles. The first-order valence-electron chi connectivity index (χ1n) is 14.4. The second-order valence-corrected chi connectivity index (χ2v) is 10.5. The molecule has 0 amide bonds. The summed E-state index contributed by atoms with van der Waals surface area (Å²) in [6.45, 7) is -0.563. The predicted octanol–water partition coefficient (Wildman–Crippen LogP) is 2.54. The molecule has 3 heterocycles. The Morgan fingerprint density at radius 3 is 1.98 bits per heavy atom. The Bertz CT molecular complexity index is 1620. The number of ether oxygens (including phenoxy) is 7. The van der Waals surface area contributed by atoms with Crippen LogP contribution in [0.15, 0.2) is 101 Å². The molecule has 4 atom stereocenters. The van der Waals surface area contributed by atoms with Crippen LogP contribution in [0.1, 0.15) is 22.9 Å². The summed E-state index contributed by atoms with van der Waals surface area (Å²) in [5.74, 6) is 1.35. The zero-order chi connectivity index (χ0) is 31.4. The number of H-pyrrole nitrogens is 1. The van der Waals surface area contributed by atoms with Gasteiger partial charge in [0.1, 0.15) is 35.4 Å². The summed E-state index contributed by atoms with van der Waals surface area (Å²) < 4.78 is 42.0. The van der Waals surface area contributed by atoms with Crippen molar-refractivity contribution in [2.45, 2.75) is 36.6 Å². The number of aromatic amines is 1. The van der Waals surface area contributed by atoms with Crippen molar-refractivity contribution in [3.63, 3.8) is 0 Å². The predicted molar refractivity (Wildman–Crippen MR) is 160 cm³/mol. The normalized spacial score (nSPS) is 22.0. The van der Waals surface area contributed by atoms with E-state index < -0.39 is 47.9 Å². The van der Waals surface area contributed by atoms with Crippen molar-refractivity contribution < 1.29 is 38.3 Å². The van der Waals surface area contributed by atoms with Gasteiger partial charge in [0.2, 0.25) is 0 Å². The van der Waals surface area contributed by atoms with Gasteiger partial charge in [0, 0.05) is 12.3 Å². The number of hydrogen-bond acceptors (Lipinski definition) is 10. The van der Waals surface area contributed by atoms with E-state index in [4.69, 9.17) is 33.2 Å². The summed E-state index contributed by atoms with van der Waals surface area (Å²) in [5.41, 5.74) is -0.0624. The molecule has 0 spiro atoms. The minimum atomic E-state index is -1.28. The Morgan fingerprint density at radius 1 is 0.844 bits per heavy atom. The van der Waals surface area contributed by atoms with E-state index in [1.165, 1.54) is 12.3 Å². The minimum Gasteiger partial charge on any atom is -0.497 e. The third kappa shape index (κ3) is 6.16. The standard InChI is InChI=1S/C33H34N2O10/c1-39-24-12-8-22(9-13-24)33(21-6-4-3-5-7-21,23-10-14-25(40-2)15-11-23)43-20-26-28(37)29(45-32-41-18-19-42-32)30(44-26)35-17-16-27(36)34-31(35)38/h3-17,26,28-30,32,37H,18-20H2,1-2H3,(H,34,36,38)/t26-,28-,29-,30-/m1/s1. The molecule has 3 aromatic carbocycles. The molecule has 236 valence electrons. The van der Waals surface area contributed by atoms with Gasteiger partial charge in [-0.05, 0) is 41.0 Å². The van der Waals surface area contributed by atoms with Gasteiger partial charge >= 0.3 is 5.69 Å². The summed E-state index contributed by atoms with van der Waals surface area (Å²) in [5, 5.41) is 11.6. The second-order valence-electron chi connectivity index (χ2n) is 10.5. The van der Waals surface area contributed by atoms with Crippen molar-refractivity contribution in [1.82, 2.24) is 9.55 Å². The minimum absolute atomic E-state index is 0.130. The Balaban J connectivity index is 1.40. The number of aliphatic hydroxyl groups is 1. The van der Waals surface area contributed by atoms with E-state index >= 15 is 0 Å². The van der Waals surface area contributed by atoms with Crippen LogP contribution in [0.5, 0.6) is 11.5 Å². The van der Waals surface area contributed by atoms with Crippen LogP contribution >= 0.6 is 0 Å². The molecule has 12 heteroatoms. The van der Waals surface area contributed by atoms with E-state index in [2.05, 4.69) is 4.98 Å². The fourth-order valence-corrected chi connectivity index (χ4v) is 5.68. The Hall–Kier alpha value is -4.30. The number of benzene rings is 3. The zero-order valence-corrected chi connectivity index (χ0v) is 24.7. The molecular formula is C33H34N2O10. The van der Waals surface area contributed by atoms with Gasteiger partial charge in [-0.3, -0.25) is 14.3 Å². The molecule has 12 nitrogen and oxygen atoms in total. The summed E-state index contributed by atoms with van der Waals surface area (Å²) in [4.78, 5) is 26.8. The summed E-state index contributed by atoms with van der Waals surface area (Å²) in [7, 11) is 3.20. The number of nitrogens with one attached hydrogen (secondary N) is 1. The monoisotopic (exact) mass is 618 g/mol. The van der Waals surface area contributed by atoms with Crippen molar-refractivity contribution in [2.75, 3.05) is 34.0 Å². The third-order valence-corrected chi connectivity index (χ3v) is 7.94. The molecule has 2 fully saturated rings.